The van der Waals surface area contributed by atoms with E-state index in [1.165, 1.54) is 30.5 Å². The van der Waals surface area contributed by atoms with Gasteiger partial charge >= 0.3 is 12.1 Å². The molecule has 10 heteroatoms. The average molecular weight is 356 g/mol. The monoisotopic (exact) mass is 356 g/mol. The van der Waals surface area contributed by atoms with Crippen molar-refractivity contribution in [1.29, 1.82) is 0 Å². The van der Waals surface area contributed by atoms with Crippen LogP contribution in [0.1, 0.15) is 23.6 Å². The number of carboxylic acids is 1. The molecular formula is C15H15F3N4O3. The van der Waals surface area contributed by atoms with Gasteiger partial charge in [-0.05, 0) is 5.56 Å². The van der Waals surface area contributed by atoms with E-state index >= 15 is 0 Å². The quantitative estimate of drug-likeness (QED) is 0.787. The van der Waals surface area contributed by atoms with Crippen molar-refractivity contribution in [3.8, 4) is 0 Å². The molecule has 1 aromatic carbocycles. The van der Waals surface area contributed by atoms with Crippen molar-refractivity contribution < 1.29 is 27.9 Å². The molecule has 0 bridgehead atoms. The highest BCUT2D eigenvalue weighted by Gasteiger charge is 2.41. The Morgan fingerprint density at radius 1 is 1.24 bits per heavy atom. The second kappa shape index (κ2) is 7.77. The van der Waals surface area contributed by atoms with Crippen molar-refractivity contribution in [3.63, 3.8) is 0 Å². The minimum Gasteiger partial charge on any atom is -0.480 e. The van der Waals surface area contributed by atoms with Gasteiger partial charge in [-0.15, -0.1) is 5.10 Å². The Hall–Kier alpha value is -2.91. The molecule has 0 fully saturated rings. The number of nitrogens with one attached hydrogen (secondary N) is 1. The summed E-state index contributed by atoms with van der Waals surface area (Å²) in [7, 11) is 0. The van der Waals surface area contributed by atoms with Gasteiger partial charge in [-0.1, -0.05) is 35.5 Å². The van der Waals surface area contributed by atoms with Crippen LogP contribution in [0.3, 0.4) is 0 Å². The molecule has 0 aliphatic carbocycles. The molecule has 1 amide bonds. The summed E-state index contributed by atoms with van der Waals surface area (Å²) in [6.07, 6.45) is -4.01. The van der Waals surface area contributed by atoms with Crippen LogP contribution in [0.4, 0.5) is 13.2 Å². The highest BCUT2D eigenvalue weighted by Crippen LogP contribution is 2.37. The van der Waals surface area contributed by atoms with Gasteiger partial charge in [0, 0.05) is 6.42 Å². The maximum atomic E-state index is 13.2. The molecule has 0 saturated carbocycles. The number of aliphatic carboxylic acids is 1. The van der Waals surface area contributed by atoms with Crippen LogP contribution in [0, 0.1) is 0 Å². The van der Waals surface area contributed by atoms with Gasteiger partial charge in [0.2, 0.25) is 5.91 Å². The molecule has 134 valence electrons. The molecule has 1 atom stereocenters. The van der Waals surface area contributed by atoms with E-state index in [1.54, 1.807) is 6.07 Å². The fourth-order valence-electron chi connectivity index (χ4n) is 2.19. The van der Waals surface area contributed by atoms with Crippen LogP contribution in [0.15, 0.2) is 36.5 Å². The standard InChI is InChI=1S/C15H15F3N4O3/c16-15(17,18)12(10-4-2-1-3-5-10)6-13(23)19-7-11-8-22(21-20-11)9-14(24)25/h1-5,8,12H,6-7,9H2,(H,19,23)(H,24,25). The normalized spacial score (nSPS) is 12.6. The summed E-state index contributed by atoms with van der Waals surface area (Å²) in [5.74, 6) is -3.81. The summed E-state index contributed by atoms with van der Waals surface area (Å²) in [5.41, 5.74) is 0.260. The minimum atomic E-state index is -4.55. The van der Waals surface area contributed by atoms with E-state index in [4.69, 9.17) is 5.11 Å². The Morgan fingerprint density at radius 2 is 1.92 bits per heavy atom. The second-order valence-corrected chi connectivity index (χ2v) is 5.29. The fourth-order valence-corrected chi connectivity index (χ4v) is 2.19. The number of nitrogens with zero attached hydrogens (tertiary/aromatic N) is 3. The number of amides is 1. The summed E-state index contributed by atoms with van der Waals surface area (Å²) >= 11 is 0. The second-order valence-electron chi connectivity index (χ2n) is 5.29. The first kappa shape index (κ1) is 18.4. The van der Waals surface area contributed by atoms with Crippen molar-refractivity contribution in [2.45, 2.75) is 31.6 Å². The van der Waals surface area contributed by atoms with E-state index in [-0.39, 0.29) is 17.8 Å². The van der Waals surface area contributed by atoms with Gasteiger partial charge < -0.3 is 10.4 Å². The molecule has 0 spiro atoms. The number of aromatic nitrogens is 3. The maximum absolute atomic E-state index is 13.2. The summed E-state index contributed by atoms with van der Waals surface area (Å²) in [4.78, 5) is 22.4. The van der Waals surface area contributed by atoms with Crippen molar-refractivity contribution in [2.75, 3.05) is 0 Å². The lowest BCUT2D eigenvalue weighted by Crippen LogP contribution is -2.30. The van der Waals surface area contributed by atoms with Crippen LogP contribution in [0.25, 0.3) is 0 Å². The summed E-state index contributed by atoms with van der Waals surface area (Å²) in [6, 6.07) is 7.20. The summed E-state index contributed by atoms with van der Waals surface area (Å²) < 4.78 is 40.6. The number of carbonyl (C=O) groups excluding carboxylic acids is 1. The van der Waals surface area contributed by atoms with E-state index in [2.05, 4.69) is 15.6 Å². The molecular weight excluding hydrogens is 341 g/mol. The highest BCUT2D eigenvalue weighted by molar-refractivity contribution is 5.77. The highest BCUT2D eigenvalue weighted by atomic mass is 19.4. The molecule has 7 nitrogen and oxygen atoms in total. The number of carbonyl (C=O) groups is 2. The third-order valence-corrected chi connectivity index (χ3v) is 3.34. The zero-order chi connectivity index (χ0) is 18.4. The molecule has 1 aromatic heterocycles. The number of hydrogen-bond donors (Lipinski definition) is 2. The third kappa shape index (κ3) is 5.59. The van der Waals surface area contributed by atoms with Gasteiger partial charge in [0.25, 0.3) is 0 Å². The Labute approximate surface area is 140 Å². The number of halogens is 3. The van der Waals surface area contributed by atoms with Crippen molar-refractivity contribution >= 4 is 11.9 Å². The Morgan fingerprint density at radius 3 is 2.52 bits per heavy atom. The van der Waals surface area contributed by atoms with Crippen LogP contribution in [-0.2, 0) is 22.7 Å². The topological polar surface area (TPSA) is 97.1 Å². The van der Waals surface area contributed by atoms with Crippen LogP contribution in [0.2, 0.25) is 0 Å². The van der Waals surface area contributed by atoms with Gasteiger partial charge in [0.05, 0.1) is 18.7 Å². The number of alkyl halides is 3. The summed E-state index contributed by atoms with van der Waals surface area (Å²) in [6.45, 7) is -0.539. The molecule has 2 rings (SSSR count). The lowest BCUT2D eigenvalue weighted by molar-refractivity contribution is -0.157. The maximum Gasteiger partial charge on any atom is 0.396 e. The van der Waals surface area contributed by atoms with Crippen molar-refractivity contribution in [1.82, 2.24) is 20.3 Å². The van der Waals surface area contributed by atoms with Crippen LogP contribution < -0.4 is 5.32 Å². The molecule has 1 unspecified atom stereocenters. The largest absolute Gasteiger partial charge is 0.480 e. The van der Waals surface area contributed by atoms with Gasteiger partial charge in [0.15, 0.2) is 0 Å². The molecule has 0 radical (unpaired) electrons. The first-order valence-electron chi connectivity index (χ1n) is 7.25. The van der Waals surface area contributed by atoms with E-state index in [0.717, 1.165) is 4.68 Å². The predicted molar refractivity (Wildman–Crippen MR) is 79.4 cm³/mol. The molecule has 0 aliphatic rings. The van der Waals surface area contributed by atoms with Gasteiger partial charge in [-0.25, -0.2) is 4.68 Å². The number of carboxylic acid groups (broad SMARTS) is 1. The Balaban J connectivity index is 1.95. The van der Waals surface area contributed by atoms with E-state index in [0.29, 0.717) is 0 Å². The summed E-state index contributed by atoms with van der Waals surface area (Å²) in [5, 5.41) is 18.1. The fraction of sp³-hybridized carbons (Fsp3) is 0.333. The van der Waals surface area contributed by atoms with Crippen molar-refractivity contribution in [2.24, 2.45) is 0 Å². The Kier molecular flexibility index (Phi) is 5.73. The molecule has 0 aliphatic heterocycles. The first-order valence-corrected chi connectivity index (χ1v) is 7.25. The number of hydrogen-bond acceptors (Lipinski definition) is 4. The molecule has 2 N–H and O–H groups in total. The van der Waals surface area contributed by atoms with E-state index < -0.39 is 36.9 Å². The lowest BCUT2D eigenvalue weighted by atomic mass is 9.95. The van der Waals surface area contributed by atoms with E-state index in [1.807, 2.05) is 0 Å². The predicted octanol–water partition coefficient (Wildman–Crippen LogP) is 1.72. The molecule has 2 aromatic rings. The molecule has 25 heavy (non-hydrogen) atoms. The zero-order valence-electron chi connectivity index (χ0n) is 12.9. The van der Waals surface area contributed by atoms with Crippen LogP contribution >= 0.6 is 0 Å². The van der Waals surface area contributed by atoms with Gasteiger partial charge in [0.1, 0.15) is 12.2 Å². The Bertz CT molecular complexity index is 731. The molecule has 1 heterocycles. The lowest BCUT2D eigenvalue weighted by Gasteiger charge is -2.20. The third-order valence-electron chi connectivity index (χ3n) is 3.34. The van der Waals surface area contributed by atoms with E-state index in [9.17, 15) is 22.8 Å². The van der Waals surface area contributed by atoms with Gasteiger partial charge in [-0.2, -0.15) is 13.2 Å². The van der Waals surface area contributed by atoms with Crippen LogP contribution in [0.5, 0.6) is 0 Å². The smallest absolute Gasteiger partial charge is 0.396 e. The molecule has 0 saturated heterocycles. The first-order chi connectivity index (χ1) is 11.8. The SMILES string of the molecule is O=C(O)Cn1cc(CNC(=O)CC(c2ccccc2)C(F)(F)F)nn1. The van der Waals surface area contributed by atoms with Gasteiger partial charge in [-0.3, -0.25) is 9.59 Å². The van der Waals surface area contributed by atoms with Crippen LogP contribution in [-0.4, -0.2) is 38.2 Å². The minimum absolute atomic E-state index is 0.0116. The number of rotatable bonds is 7. The zero-order valence-corrected chi connectivity index (χ0v) is 12.9. The average Bonchev–Trinajstić information content (AvgIpc) is 2.97. The van der Waals surface area contributed by atoms with Crippen molar-refractivity contribution in [3.05, 3.63) is 47.8 Å². The number of benzene rings is 1.